The first-order valence-corrected chi connectivity index (χ1v) is 13.9. The third-order valence-corrected chi connectivity index (χ3v) is 7.48. The van der Waals surface area contributed by atoms with Gasteiger partial charge in [0.1, 0.15) is 23.0 Å². The van der Waals surface area contributed by atoms with Gasteiger partial charge in [-0.25, -0.2) is 4.90 Å². The summed E-state index contributed by atoms with van der Waals surface area (Å²) in [6.45, 7) is 6.52. The van der Waals surface area contributed by atoms with E-state index in [1.54, 1.807) is 24.3 Å². The van der Waals surface area contributed by atoms with Gasteiger partial charge in [-0.05, 0) is 71.8 Å². The van der Waals surface area contributed by atoms with Gasteiger partial charge in [0.05, 0.1) is 16.7 Å². The molecule has 10 nitrogen and oxygen atoms in total. The molecule has 5 rings (SSSR count). The summed E-state index contributed by atoms with van der Waals surface area (Å²) >= 11 is 0. The average molecular weight is 605 g/mol. The molecule has 1 N–H and O–H groups in total. The molecule has 0 radical (unpaired) electrons. The highest BCUT2D eigenvalue weighted by Crippen LogP contribution is 2.35. The Morgan fingerprint density at radius 2 is 1.18 bits per heavy atom. The summed E-state index contributed by atoms with van der Waals surface area (Å²) < 4.78 is 11.8. The van der Waals surface area contributed by atoms with Gasteiger partial charge < -0.3 is 9.47 Å². The van der Waals surface area contributed by atoms with Crippen LogP contribution in [0.25, 0.3) is 0 Å². The summed E-state index contributed by atoms with van der Waals surface area (Å²) in [5.41, 5.74) is 2.06. The van der Waals surface area contributed by atoms with Crippen LogP contribution >= 0.6 is 0 Å². The second kappa shape index (κ2) is 12.0. The maximum atomic E-state index is 12.5. The molecule has 4 aromatic carbocycles. The van der Waals surface area contributed by atoms with Crippen molar-refractivity contribution >= 4 is 35.8 Å². The Balaban J connectivity index is 1.27. The van der Waals surface area contributed by atoms with Crippen molar-refractivity contribution in [2.75, 3.05) is 0 Å². The first-order valence-electron chi connectivity index (χ1n) is 13.9. The number of nitrogens with one attached hydrogen (secondary N) is 1. The maximum absolute atomic E-state index is 12.5. The van der Waals surface area contributed by atoms with Crippen LogP contribution in [0, 0.1) is 0 Å². The van der Waals surface area contributed by atoms with Crippen molar-refractivity contribution in [1.82, 2.24) is 10.2 Å². The Morgan fingerprint density at radius 3 is 1.69 bits per heavy atom. The maximum Gasteiger partial charge on any atom is 0.268 e. The molecule has 0 fully saturated rings. The quantitative estimate of drug-likeness (QED) is 0.196. The normalized spacial score (nSPS) is 12.4. The van der Waals surface area contributed by atoms with E-state index in [2.05, 4.69) is 19.2 Å². The molecule has 0 aliphatic carbocycles. The fourth-order valence-electron chi connectivity index (χ4n) is 5.02. The topological polar surface area (TPSA) is 136 Å². The number of benzene rings is 4. The van der Waals surface area contributed by atoms with Crippen LogP contribution in [0.15, 0.2) is 84.9 Å². The lowest BCUT2D eigenvalue weighted by molar-refractivity contribution is -0.124. The van der Waals surface area contributed by atoms with E-state index in [9.17, 15) is 28.8 Å². The van der Waals surface area contributed by atoms with E-state index in [1.165, 1.54) is 38.1 Å². The third-order valence-electron chi connectivity index (χ3n) is 7.48. The number of imide groups is 4. The van der Waals surface area contributed by atoms with Gasteiger partial charge in [0.25, 0.3) is 17.7 Å². The molecule has 0 unspecified atom stereocenters. The van der Waals surface area contributed by atoms with Crippen LogP contribution in [0.2, 0.25) is 0 Å². The number of fused-ring (bicyclic) bond motifs is 1. The first kappa shape index (κ1) is 30.6. The van der Waals surface area contributed by atoms with Gasteiger partial charge in [-0.2, -0.15) is 0 Å². The molecular formula is C35H28N2O8. The largest absolute Gasteiger partial charge is 0.457 e. The van der Waals surface area contributed by atoms with E-state index < -0.39 is 35.0 Å². The lowest BCUT2D eigenvalue weighted by Gasteiger charge is -2.26. The second-order valence-electron chi connectivity index (χ2n) is 10.9. The summed E-state index contributed by atoms with van der Waals surface area (Å²) in [6.07, 6.45) is 0.530. The number of amides is 5. The fourth-order valence-corrected chi connectivity index (χ4v) is 5.02. The van der Waals surface area contributed by atoms with Crippen molar-refractivity contribution in [1.29, 1.82) is 0 Å². The summed E-state index contributed by atoms with van der Waals surface area (Å²) in [5, 5.41) is 2.15. The summed E-state index contributed by atoms with van der Waals surface area (Å²) in [7, 11) is 0. The Hall–Kier alpha value is -5.90. The molecule has 1 aliphatic heterocycles. The number of carbonyl (C=O) groups excluding carboxylic acids is 6. The SMILES string of the molecule is CC(=O)NC(=O)c1ccc(Oc2ccc(C(C)(C)c3ccc(Oc4ccc5c(c4)C(=O)N(C(C)=O)C5=O)cc3)cc2)cc1C=O. The number of hydrogen-bond donors (Lipinski definition) is 1. The zero-order valence-corrected chi connectivity index (χ0v) is 24.9. The molecule has 45 heavy (non-hydrogen) atoms. The van der Waals surface area contributed by atoms with Crippen LogP contribution in [0.3, 0.4) is 0 Å². The van der Waals surface area contributed by atoms with Gasteiger partial charge in [0.2, 0.25) is 11.8 Å². The van der Waals surface area contributed by atoms with Gasteiger partial charge in [0.15, 0.2) is 6.29 Å². The van der Waals surface area contributed by atoms with Crippen molar-refractivity contribution in [2.24, 2.45) is 0 Å². The lowest BCUT2D eigenvalue weighted by Crippen LogP contribution is -2.33. The molecule has 10 heteroatoms. The summed E-state index contributed by atoms with van der Waals surface area (Å²) in [5.74, 6) is -1.37. The molecule has 0 atom stereocenters. The van der Waals surface area contributed by atoms with Gasteiger partial charge >= 0.3 is 0 Å². The number of carbonyl (C=O) groups is 6. The molecule has 0 saturated carbocycles. The van der Waals surface area contributed by atoms with Crippen LogP contribution < -0.4 is 14.8 Å². The molecule has 1 heterocycles. The predicted molar refractivity (Wildman–Crippen MR) is 163 cm³/mol. The number of ether oxygens (including phenoxy) is 2. The van der Waals surface area contributed by atoms with E-state index in [4.69, 9.17) is 9.47 Å². The Labute approximate surface area is 258 Å². The monoisotopic (exact) mass is 604 g/mol. The fraction of sp³-hybridized carbons (Fsp3) is 0.143. The molecule has 0 bridgehead atoms. The minimum absolute atomic E-state index is 0.0703. The second-order valence-corrected chi connectivity index (χ2v) is 10.9. The van der Waals surface area contributed by atoms with Gasteiger partial charge in [-0.1, -0.05) is 38.1 Å². The van der Waals surface area contributed by atoms with Crippen LogP contribution in [-0.2, 0) is 15.0 Å². The van der Waals surface area contributed by atoms with Crippen LogP contribution in [0.1, 0.15) is 80.3 Å². The number of nitrogens with zero attached hydrogens (tertiary/aromatic N) is 1. The minimum Gasteiger partial charge on any atom is -0.457 e. The van der Waals surface area contributed by atoms with E-state index >= 15 is 0 Å². The smallest absolute Gasteiger partial charge is 0.268 e. The van der Waals surface area contributed by atoms with E-state index in [0.717, 1.165) is 11.1 Å². The van der Waals surface area contributed by atoms with Crippen molar-refractivity contribution in [3.63, 3.8) is 0 Å². The third kappa shape index (κ3) is 6.12. The number of hydrogen-bond acceptors (Lipinski definition) is 8. The van der Waals surface area contributed by atoms with E-state index in [1.807, 2.05) is 36.4 Å². The average Bonchev–Trinajstić information content (AvgIpc) is 3.26. The van der Waals surface area contributed by atoms with Crippen LogP contribution in [0.4, 0.5) is 0 Å². The molecule has 5 amide bonds. The standard InChI is InChI=1S/C35H28N2O8/c1-20(39)36-32(41)29-15-13-27(17-22(29)19-38)44-25-9-5-23(6-10-25)35(3,4)24-7-11-26(12-8-24)45-28-14-16-30-31(18-28)34(43)37(21(2)40)33(30)42/h5-19H,1-4H3,(H,36,39,41). The predicted octanol–water partition coefficient (Wildman–Crippen LogP) is 5.83. The van der Waals surface area contributed by atoms with Crippen molar-refractivity contribution in [2.45, 2.75) is 33.1 Å². The molecule has 0 saturated heterocycles. The highest BCUT2D eigenvalue weighted by molar-refractivity contribution is 6.28. The minimum atomic E-state index is -0.666. The van der Waals surface area contributed by atoms with Crippen molar-refractivity contribution in [3.05, 3.63) is 118 Å². The highest BCUT2D eigenvalue weighted by Gasteiger charge is 2.38. The highest BCUT2D eigenvalue weighted by atomic mass is 16.5. The van der Waals surface area contributed by atoms with E-state index in [0.29, 0.717) is 34.2 Å². The number of aldehydes is 1. The summed E-state index contributed by atoms with van der Waals surface area (Å²) in [4.78, 5) is 72.1. The number of rotatable bonds is 8. The Kier molecular flexibility index (Phi) is 8.15. The van der Waals surface area contributed by atoms with Crippen LogP contribution in [-0.4, -0.2) is 40.7 Å². The zero-order chi connectivity index (χ0) is 32.5. The summed E-state index contributed by atoms with van der Waals surface area (Å²) in [6, 6.07) is 23.9. The molecule has 1 aliphatic rings. The molecule has 0 aromatic heterocycles. The van der Waals surface area contributed by atoms with E-state index in [-0.39, 0.29) is 22.3 Å². The van der Waals surface area contributed by atoms with Gasteiger partial charge in [-0.3, -0.25) is 34.1 Å². The Bertz CT molecular complexity index is 1880. The zero-order valence-electron chi connectivity index (χ0n) is 24.9. The van der Waals surface area contributed by atoms with Crippen molar-refractivity contribution in [3.8, 4) is 23.0 Å². The molecule has 4 aromatic rings. The molecular weight excluding hydrogens is 576 g/mol. The lowest BCUT2D eigenvalue weighted by atomic mass is 9.78. The van der Waals surface area contributed by atoms with Gasteiger partial charge in [-0.15, -0.1) is 0 Å². The van der Waals surface area contributed by atoms with Crippen LogP contribution in [0.5, 0.6) is 23.0 Å². The molecule has 226 valence electrons. The van der Waals surface area contributed by atoms with Crippen molar-refractivity contribution < 1.29 is 38.2 Å². The van der Waals surface area contributed by atoms with Gasteiger partial charge in [0, 0.05) is 24.8 Å². The first-order chi connectivity index (χ1) is 21.4. The Morgan fingerprint density at radius 1 is 0.689 bits per heavy atom. The molecule has 0 spiro atoms.